The van der Waals surface area contributed by atoms with Crippen molar-refractivity contribution in [2.24, 2.45) is 0 Å². The quantitative estimate of drug-likeness (QED) is 0.477. The Bertz CT molecular complexity index is 143. The maximum atomic E-state index is 9.32. The van der Waals surface area contributed by atoms with Crippen molar-refractivity contribution in [1.29, 1.82) is 0 Å². The lowest BCUT2D eigenvalue weighted by Crippen LogP contribution is -2.03. The number of aliphatic hydroxyl groups excluding tert-OH is 1. The van der Waals surface area contributed by atoms with Gasteiger partial charge >= 0.3 is 0 Å². The third-order valence-corrected chi connectivity index (χ3v) is 1.73. The summed E-state index contributed by atoms with van der Waals surface area (Å²) in [5.74, 6) is 0. The second kappa shape index (κ2) is 7.11. The Balaban J connectivity index is 3.30. The van der Waals surface area contributed by atoms with Crippen LogP contribution in [0.3, 0.4) is 0 Å². The minimum absolute atomic E-state index is 0.187. The summed E-state index contributed by atoms with van der Waals surface area (Å²) in [6, 6.07) is 0. The summed E-state index contributed by atoms with van der Waals surface area (Å²) in [5.41, 5.74) is 1.35. The van der Waals surface area contributed by atoms with Crippen molar-refractivity contribution in [2.75, 3.05) is 0 Å². The highest BCUT2D eigenvalue weighted by atomic mass is 16.3. The highest BCUT2D eigenvalue weighted by Crippen LogP contribution is 2.06. The van der Waals surface area contributed by atoms with Gasteiger partial charge in [-0.25, -0.2) is 0 Å². The SMILES string of the molecule is C=CCC(O)CCCC=C(C)C. The number of rotatable bonds is 6. The van der Waals surface area contributed by atoms with E-state index in [1.54, 1.807) is 6.08 Å². The van der Waals surface area contributed by atoms with Gasteiger partial charge in [-0.3, -0.25) is 0 Å². The van der Waals surface area contributed by atoms with E-state index in [2.05, 4.69) is 26.5 Å². The van der Waals surface area contributed by atoms with Gasteiger partial charge in [-0.05, 0) is 39.5 Å². The standard InChI is InChI=1S/C11H20O/c1-4-7-11(12)9-6-5-8-10(2)3/h4,8,11-12H,1,5-7,9H2,2-3H3. The highest BCUT2D eigenvalue weighted by Gasteiger charge is 1.98. The molecule has 0 aromatic carbocycles. The fourth-order valence-electron chi connectivity index (χ4n) is 1.05. The van der Waals surface area contributed by atoms with Gasteiger partial charge in [0.1, 0.15) is 0 Å². The summed E-state index contributed by atoms with van der Waals surface area (Å²) in [6.45, 7) is 7.78. The smallest absolute Gasteiger partial charge is 0.0574 e. The molecule has 1 heteroatoms. The molecule has 12 heavy (non-hydrogen) atoms. The van der Waals surface area contributed by atoms with Crippen LogP contribution < -0.4 is 0 Å². The van der Waals surface area contributed by atoms with Crippen molar-refractivity contribution in [2.45, 2.75) is 45.6 Å². The molecule has 0 aliphatic carbocycles. The van der Waals surface area contributed by atoms with Gasteiger partial charge in [0.2, 0.25) is 0 Å². The van der Waals surface area contributed by atoms with Crippen LogP contribution in [0, 0.1) is 0 Å². The van der Waals surface area contributed by atoms with Gasteiger partial charge in [0.05, 0.1) is 6.10 Å². The van der Waals surface area contributed by atoms with E-state index in [9.17, 15) is 5.11 Å². The van der Waals surface area contributed by atoms with Gasteiger partial charge < -0.3 is 5.11 Å². The zero-order valence-electron chi connectivity index (χ0n) is 8.21. The van der Waals surface area contributed by atoms with Crippen LogP contribution in [0.15, 0.2) is 24.3 Å². The molecule has 70 valence electrons. The molecule has 0 saturated heterocycles. The first kappa shape index (κ1) is 11.4. The maximum Gasteiger partial charge on any atom is 0.0574 e. The summed E-state index contributed by atoms with van der Waals surface area (Å²) in [6.07, 6.45) is 7.54. The van der Waals surface area contributed by atoms with Gasteiger partial charge in [-0.1, -0.05) is 17.7 Å². The number of unbranched alkanes of at least 4 members (excludes halogenated alkanes) is 1. The van der Waals surface area contributed by atoms with E-state index in [-0.39, 0.29) is 6.10 Å². The zero-order chi connectivity index (χ0) is 9.40. The van der Waals surface area contributed by atoms with Crippen LogP contribution in [0.1, 0.15) is 39.5 Å². The molecule has 0 bridgehead atoms. The van der Waals surface area contributed by atoms with Crippen LogP contribution in [0.4, 0.5) is 0 Å². The van der Waals surface area contributed by atoms with Gasteiger partial charge in [-0.15, -0.1) is 6.58 Å². The normalized spacial score (nSPS) is 12.2. The summed E-state index contributed by atoms with van der Waals surface area (Å²) < 4.78 is 0. The number of hydrogen-bond donors (Lipinski definition) is 1. The average Bonchev–Trinajstić information content (AvgIpc) is 1.98. The van der Waals surface area contributed by atoms with Crippen molar-refractivity contribution in [1.82, 2.24) is 0 Å². The first-order chi connectivity index (χ1) is 5.66. The van der Waals surface area contributed by atoms with Crippen LogP contribution in [0.5, 0.6) is 0 Å². The molecule has 0 aliphatic heterocycles. The topological polar surface area (TPSA) is 20.2 Å². The van der Waals surface area contributed by atoms with Crippen molar-refractivity contribution in [3.8, 4) is 0 Å². The fourth-order valence-corrected chi connectivity index (χ4v) is 1.05. The largest absolute Gasteiger partial charge is 0.393 e. The zero-order valence-corrected chi connectivity index (χ0v) is 8.21. The lowest BCUT2D eigenvalue weighted by atomic mass is 10.1. The van der Waals surface area contributed by atoms with Crippen LogP contribution in [-0.4, -0.2) is 11.2 Å². The molecule has 0 amide bonds. The van der Waals surface area contributed by atoms with Crippen LogP contribution in [0.2, 0.25) is 0 Å². The Kier molecular flexibility index (Phi) is 6.78. The fraction of sp³-hybridized carbons (Fsp3) is 0.636. The molecule has 0 fully saturated rings. The first-order valence-electron chi connectivity index (χ1n) is 4.59. The average molecular weight is 168 g/mol. The summed E-state index contributed by atoms with van der Waals surface area (Å²) in [4.78, 5) is 0. The van der Waals surface area contributed by atoms with Gasteiger partial charge in [0.15, 0.2) is 0 Å². The number of aliphatic hydroxyl groups is 1. The Labute approximate surface area is 75.8 Å². The Morgan fingerprint density at radius 3 is 2.67 bits per heavy atom. The van der Waals surface area contributed by atoms with Crippen LogP contribution in [-0.2, 0) is 0 Å². The van der Waals surface area contributed by atoms with E-state index in [0.717, 1.165) is 25.7 Å². The molecule has 1 N–H and O–H groups in total. The number of hydrogen-bond acceptors (Lipinski definition) is 1. The Morgan fingerprint density at radius 1 is 1.50 bits per heavy atom. The molecular formula is C11H20O. The molecule has 0 heterocycles. The second-order valence-corrected chi connectivity index (χ2v) is 3.39. The summed E-state index contributed by atoms with van der Waals surface area (Å²) in [5, 5.41) is 9.32. The molecule has 1 atom stereocenters. The summed E-state index contributed by atoms with van der Waals surface area (Å²) in [7, 11) is 0. The molecular weight excluding hydrogens is 148 g/mol. The highest BCUT2D eigenvalue weighted by molar-refractivity contribution is 4.92. The summed E-state index contributed by atoms with van der Waals surface area (Å²) >= 11 is 0. The molecule has 0 aromatic rings. The third kappa shape index (κ3) is 7.55. The van der Waals surface area contributed by atoms with Gasteiger partial charge in [0.25, 0.3) is 0 Å². The molecule has 1 nitrogen and oxygen atoms in total. The molecule has 0 aliphatic rings. The van der Waals surface area contributed by atoms with Crippen LogP contribution >= 0.6 is 0 Å². The monoisotopic (exact) mass is 168 g/mol. The third-order valence-electron chi connectivity index (χ3n) is 1.73. The van der Waals surface area contributed by atoms with E-state index >= 15 is 0 Å². The number of allylic oxidation sites excluding steroid dienone is 2. The predicted molar refractivity (Wildman–Crippen MR) is 54.1 cm³/mol. The van der Waals surface area contributed by atoms with Crippen molar-refractivity contribution < 1.29 is 5.11 Å². The maximum absolute atomic E-state index is 9.32. The van der Waals surface area contributed by atoms with Crippen molar-refractivity contribution in [3.63, 3.8) is 0 Å². The molecule has 1 unspecified atom stereocenters. The lowest BCUT2D eigenvalue weighted by Gasteiger charge is -2.05. The minimum atomic E-state index is -0.187. The Morgan fingerprint density at radius 2 is 2.17 bits per heavy atom. The molecule has 0 saturated carbocycles. The Hall–Kier alpha value is -0.560. The second-order valence-electron chi connectivity index (χ2n) is 3.39. The molecule has 0 rings (SSSR count). The van der Waals surface area contributed by atoms with E-state index in [1.165, 1.54) is 5.57 Å². The van der Waals surface area contributed by atoms with E-state index in [1.807, 2.05) is 0 Å². The molecule has 0 radical (unpaired) electrons. The first-order valence-corrected chi connectivity index (χ1v) is 4.59. The van der Waals surface area contributed by atoms with Crippen LogP contribution in [0.25, 0.3) is 0 Å². The molecule has 0 spiro atoms. The molecule has 0 aromatic heterocycles. The van der Waals surface area contributed by atoms with Gasteiger partial charge in [0, 0.05) is 0 Å². The van der Waals surface area contributed by atoms with E-state index < -0.39 is 0 Å². The predicted octanol–water partition coefficient (Wildman–Crippen LogP) is 3.06. The van der Waals surface area contributed by atoms with Crippen molar-refractivity contribution >= 4 is 0 Å². The minimum Gasteiger partial charge on any atom is -0.393 e. The van der Waals surface area contributed by atoms with Gasteiger partial charge in [-0.2, -0.15) is 0 Å². The van der Waals surface area contributed by atoms with E-state index in [0.29, 0.717) is 0 Å². The van der Waals surface area contributed by atoms with Crippen molar-refractivity contribution in [3.05, 3.63) is 24.3 Å². The lowest BCUT2D eigenvalue weighted by molar-refractivity contribution is 0.165. The van der Waals surface area contributed by atoms with E-state index in [4.69, 9.17) is 0 Å².